The Morgan fingerprint density at radius 2 is 2.19 bits per heavy atom. The van der Waals surface area contributed by atoms with Crippen LogP contribution in [0.2, 0.25) is 0 Å². The lowest BCUT2D eigenvalue weighted by Crippen LogP contribution is -2.37. The van der Waals surface area contributed by atoms with Crippen molar-refractivity contribution in [2.45, 2.75) is 48.9 Å². The Hall–Kier alpha value is -0.470. The van der Waals surface area contributed by atoms with E-state index >= 15 is 0 Å². The molecule has 0 bridgehead atoms. The molecule has 1 unspecified atom stereocenters. The molecular weight excluding hydrogens is 308 g/mol. The van der Waals surface area contributed by atoms with Crippen LogP contribution in [0.15, 0.2) is 16.3 Å². The van der Waals surface area contributed by atoms with E-state index in [1.165, 1.54) is 24.2 Å². The van der Waals surface area contributed by atoms with Crippen molar-refractivity contribution < 1.29 is 13.2 Å². The molecule has 1 atom stereocenters. The summed E-state index contributed by atoms with van der Waals surface area (Å²) in [6, 6.07) is 4.11. The van der Waals surface area contributed by atoms with Crippen molar-refractivity contribution in [3.05, 3.63) is 17.0 Å². The number of methoxy groups -OCH3 is 1. The van der Waals surface area contributed by atoms with Crippen LogP contribution in [-0.2, 0) is 21.2 Å². The molecule has 21 heavy (non-hydrogen) atoms. The Bertz CT molecular complexity index is 538. The smallest absolute Gasteiger partial charge is 0.250 e. The second-order valence-corrected chi connectivity index (χ2v) is 8.49. The van der Waals surface area contributed by atoms with Crippen molar-refractivity contribution >= 4 is 21.4 Å². The largest absolute Gasteiger partial charge is 0.383 e. The highest BCUT2D eigenvalue weighted by Gasteiger charge is 2.22. The predicted molar refractivity (Wildman–Crippen MR) is 85.3 cm³/mol. The third kappa shape index (κ3) is 5.34. The van der Waals surface area contributed by atoms with Gasteiger partial charge >= 0.3 is 0 Å². The van der Waals surface area contributed by atoms with Gasteiger partial charge in [0.15, 0.2) is 0 Å². The Morgan fingerprint density at radius 1 is 1.43 bits per heavy atom. The molecule has 5 nitrogen and oxygen atoms in total. The maximum atomic E-state index is 12.3. The molecule has 1 heterocycles. The molecule has 1 saturated carbocycles. The fourth-order valence-corrected chi connectivity index (χ4v) is 4.71. The van der Waals surface area contributed by atoms with Gasteiger partial charge in [-0.25, -0.2) is 13.1 Å². The molecule has 0 aromatic carbocycles. The molecule has 0 spiro atoms. The Balaban J connectivity index is 1.90. The SMILES string of the molecule is CCC(COC)NS(=O)(=O)c1ccc(CCNC2CC2)s1. The Labute approximate surface area is 131 Å². The average molecular weight is 332 g/mol. The molecule has 1 aromatic heterocycles. The summed E-state index contributed by atoms with van der Waals surface area (Å²) < 4.78 is 32.7. The van der Waals surface area contributed by atoms with E-state index in [2.05, 4.69) is 10.0 Å². The van der Waals surface area contributed by atoms with E-state index in [1.54, 1.807) is 13.2 Å². The van der Waals surface area contributed by atoms with E-state index in [1.807, 2.05) is 13.0 Å². The number of hydrogen-bond donors (Lipinski definition) is 2. The summed E-state index contributed by atoms with van der Waals surface area (Å²) in [4.78, 5) is 1.10. The van der Waals surface area contributed by atoms with Crippen LogP contribution in [0.5, 0.6) is 0 Å². The fourth-order valence-electron chi connectivity index (χ4n) is 2.04. The first kappa shape index (κ1) is 16.9. The van der Waals surface area contributed by atoms with Gasteiger partial charge in [0.1, 0.15) is 4.21 Å². The van der Waals surface area contributed by atoms with Gasteiger partial charge in [-0.15, -0.1) is 11.3 Å². The zero-order valence-electron chi connectivity index (χ0n) is 12.6. The maximum Gasteiger partial charge on any atom is 0.250 e. The maximum absolute atomic E-state index is 12.3. The van der Waals surface area contributed by atoms with E-state index in [0.717, 1.165) is 17.8 Å². The van der Waals surface area contributed by atoms with Crippen LogP contribution >= 0.6 is 11.3 Å². The highest BCUT2D eigenvalue weighted by Crippen LogP contribution is 2.23. The van der Waals surface area contributed by atoms with Crippen molar-refractivity contribution in [2.75, 3.05) is 20.3 Å². The first-order valence-corrected chi connectivity index (χ1v) is 9.68. The van der Waals surface area contributed by atoms with Crippen LogP contribution in [0.4, 0.5) is 0 Å². The monoisotopic (exact) mass is 332 g/mol. The Morgan fingerprint density at radius 3 is 2.81 bits per heavy atom. The van der Waals surface area contributed by atoms with Crippen molar-refractivity contribution in [3.8, 4) is 0 Å². The molecule has 0 aliphatic heterocycles. The number of nitrogens with one attached hydrogen (secondary N) is 2. The second kappa shape index (κ2) is 7.69. The van der Waals surface area contributed by atoms with Gasteiger partial charge in [0.05, 0.1) is 6.61 Å². The summed E-state index contributed by atoms with van der Waals surface area (Å²) in [5.41, 5.74) is 0. The second-order valence-electron chi connectivity index (χ2n) is 5.38. The van der Waals surface area contributed by atoms with Gasteiger partial charge in [0.2, 0.25) is 10.0 Å². The highest BCUT2D eigenvalue weighted by molar-refractivity contribution is 7.91. The minimum atomic E-state index is -3.43. The zero-order chi connectivity index (χ0) is 15.3. The quantitative estimate of drug-likeness (QED) is 0.685. The van der Waals surface area contributed by atoms with Crippen LogP contribution in [0.1, 0.15) is 31.1 Å². The van der Waals surface area contributed by atoms with Crippen LogP contribution in [0.3, 0.4) is 0 Å². The van der Waals surface area contributed by atoms with Gasteiger partial charge in [-0.1, -0.05) is 6.92 Å². The molecule has 2 rings (SSSR count). The van der Waals surface area contributed by atoms with E-state index in [-0.39, 0.29) is 6.04 Å². The summed E-state index contributed by atoms with van der Waals surface area (Å²) in [5.74, 6) is 0. The molecule has 7 heteroatoms. The number of thiophene rings is 1. The molecule has 1 aliphatic rings. The molecule has 0 amide bonds. The van der Waals surface area contributed by atoms with Crippen LogP contribution < -0.4 is 10.0 Å². The van der Waals surface area contributed by atoms with Crippen LogP contribution in [0.25, 0.3) is 0 Å². The topological polar surface area (TPSA) is 67.4 Å². The number of rotatable bonds is 10. The highest BCUT2D eigenvalue weighted by atomic mass is 32.2. The number of ether oxygens (including phenoxy) is 1. The van der Waals surface area contributed by atoms with Gasteiger partial charge in [-0.05, 0) is 37.8 Å². The summed E-state index contributed by atoms with van der Waals surface area (Å²) >= 11 is 1.35. The third-order valence-electron chi connectivity index (χ3n) is 3.47. The first-order valence-electron chi connectivity index (χ1n) is 7.38. The van der Waals surface area contributed by atoms with Gasteiger partial charge in [-0.2, -0.15) is 0 Å². The minimum Gasteiger partial charge on any atom is -0.383 e. The van der Waals surface area contributed by atoms with Crippen LogP contribution in [-0.4, -0.2) is 40.8 Å². The summed E-state index contributed by atoms with van der Waals surface area (Å²) in [5, 5.41) is 3.44. The molecule has 1 fully saturated rings. The predicted octanol–water partition coefficient (Wildman–Crippen LogP) is 1.75. The summed E-state index contributed by atoms with van der Waals surface area (Å²) in [6.07, 6.45) is 4.13. The van der Waals surface area contributed by atoms with Gasteiger partial charge in [-0.3, -0.25) is 0 Å². The molecule has 2 N–H and O–H groups in total. The van der Waals surface area contributed by atoms with Crippen molar-refractivity contribution in [1.29, 1.82) is 0 Å². The summed E-state index contributed by atoms with van der Waals surface area (Å²) in [6.45, 7) is 3.24. The molecule has 1 aromatic rings. The molecule has 1 aliphatic carbocycles. The Kier molecular flexibility index (Phi) is 6.19. The molecule has 0 saturated heterocycles. The van der Waals surface area contributed by atoms with Crippen molar-refractivity contribution in [1.82, 2.24) is 10.0 Å². The van der Waals surface area contributed by atoms with Crippen molar-refractivity contribution in [3.63, 3.8) is 0 Å². The van der Waals surface area contributed by atoms with E-state index in [9.17, 15) is 8.42 Å². The van der Waals surface area contributed by atoms with E-state index in [0.29, 0.717) is 23.3 Å². The van der Waals surface area contributed by atoms with Gasteiger partial charge in [0.25, 0.3) is 0 Å². The molecule has 120 valence electrons. The first-order chi connectivity index (χ1) is 10.0. The van der Waals surface area contributed by atoms with Gasteiger partial charge < -0.3 is 10.1 Å². The normalized spacial score (nSPS) is 17.0. The minimum absolute atomic E-state index is 0.179. The van der Waals surface area contributed by atoms with Crippen LogP contribution in [0, 0.1) is 0 Å². The van der Waals surface area contributed by atoms with E-state index in [4.69, 9.17) is 4.74 Å². The fraction of sp³-hybridized carbons (Fsp3) is 0.714. The van der Waals surface area contributed by atoms with Crippen molar-refractivity contribution in [2.24, 2.45) is 0 Å². The molecule has 0 radical (unpaired) electrons. The average Bonchev–Trinajstić information content (AvgIpc) is 3.13. The van der Waals surface area contributed by atoms with E-state index < -0.39 is 10.0 Å². The summed E-state index contributed by atoms with van der Waals surface area (Å²) in [7, 11) is -1.86. The lowest BCUT2D eigenvalue weighted by Gasteiger charge is -2.15. The van der Waals surface area contributed by atoms with Gasteiger partial charge in [0, 0.05) is 30.6 Å². The standard InChI is InChI=1S/C14H24N2O3S2/c1-3-11(10-19-2)16-21(17,18)14-7-6-13(20-14)8-9-15-12-4-5-12/h6-7,11-12,15-16H,3-5,8-10H2,1-2H3. The third-order valence-corrected chi connectivity index (χ3v) is 6.62. The lowest BCUT2D eigenvalue weighted by molar-refractivity contribution is 0.173. The number of sulfonamides is 1. The zero-order valence-corrected chi connectivity index (χ0v) is 14.2. The lowest BCUT2D eigenvalue weighted by atomic mass is 10.3. The molecular formula is C14H24N2O3S2. The number of hydrogen-bond acceptors (Lipinski definition) is 5.